The molecule has 0 aliphatic rings. The number of aliphatic hydroxyl groups excluding tert-OH is 1. The second-order valence-corrected chi connectivity index (χ2v) is 4.20. The van der Waals surface area contributed by atoms with Crippen LogP contribution in [0.25, 0.3) is 0 Å². The standard InChI is InChI=1S/C7H10ClNOS/c1-7(9,4-10)5-2-3-11-6(5)8/h2-3,10H,4,9H2,1H3. The van der Waals surface area contributed by atoms with Crippen LogP contribution in [0.3, 0.4) is 0 Å². The highest BCUT2D eigenvalue weighted by Gasteiger charge is 2.23. The van der Waals surface area contributed by atoms with Crippen molar-refractivity contribution < 1.29 is 5.11 Å². The van der Waals surface area contributed by atoms with Gasteiger partial charge >= 0.3 is 0 Å². The number of hydrogen-bond acceptors (Lipinski definition) is 3. The highest BCUT2D eigenvalue weighted by molar-refractivity contribution is 7.14. The van der Waals surface area contributed by atoms with E-state index in [9.17, 15) is 0 Å². The number of hydrogen-bond donors (Lipinski definition) is 2. The highest BCUT2D eigenvalue weighted by Crippen LogP contribution is 2.30. The van der Waals surface area contributed by atoms with E-state index < -0.39 is 5.54 Å². The zero-order valence-corrected chi connectivity index (χ0v) is 7.75. The van der Waals surface area contributed by atoms with E-state index in [0.717, 1.165) is 5.56 Å². The first kappa shape index (κ1) is 9.00. The van der Waals surface area contributed by atoms with E-state index in [4.69, 9.17) is 22.4 Å². The molecule has 0 aliphatic carbocycles. The maximum absolute atomic E-state index is 8.91. The minimum atomic E-state index is -0.711. The molecule has 1 heterocycles. The van der Waals surface area contributed by atoms with Crippen molar-refractivity contribution in [3.63, 3.8) is 0 Å². The molecule has 2 nitrogen and oxygen atoms in total. The fourth-order valence-electron chi connectivity index (χ4n) is 0.791. The van der Waals surface area contributed by atoms with Gasteiger partial charge in [0.05, 0.1) is 16.5 Å². The van der Waals surface area contributed by atoms with E-state index in [0.29, 0.717) is 4.34 Å². The summed E-state index contributed by atoms with van der Waals surface area (Å²) in [5, 5.41) is 10.8. The third-order valence-corrected chi connectivity index (χ3v) is 2.73. The van der Waals surface area contributed by atoms with Crippen molar-refractivity contribution in [1.82, 2.24) is 0 Å². The van der Waals surface area contributed by atoms with Crippen molar-refractivity contribution >= 4 is 22.9 Å². The van der Waals surface area contributed by atoms with Gasteiger partial charge in [0.15, 0.2) is 0 Å². The van der Waals surface area contributed by atoms with Crippen molar-refractivity contribution in [2.45, 2.75) is 12.5 Å². The van der Waals surface area contributed by atoms with E-state index >= 15 is 0 Å². The van der Waals surface area contributed by atoms with Gasteiger partial charge in [0.25, 0.3) is 0 Å². The quantitative estimate of drug-likeness (QED) is 0.746. The zero-order chi connectivity index (χ0) is 8.48. The van der Waals surface area contributed by atoms with Crippen LogP contribution in [0.4, 0.5) is 0 Å². The third kappa shape index (κ3) is 1.73. The average Bonchev–Trinajstić information content (AvgIpc) is 2.36. The number of rotatable bonds is 2. The van der Waals surface area contributed by atoms with Crippen LogP contribution >= 0.6 is 22.9 Å². The summed E-state index contributed by atoms with van der Waals surface area (Å²) in [5.74, 6) is 0. The van der Waals surface area contributed by atoms with Crippen LogP contribution in [-0.2, 0) is 5.54 Å². The molecule has 62 valence electrons. The monoisotopic (exact) mass is 191 g/mol. The Morgan fingerprint density at radius 2 is 2.45 bits per heavy atom. The second-order valence-electron chi connectivity index (χ2n) is 2.68. The van der Waals surface area contributed by atoms with Gasteiger partial charge < -0.3 is 10.8 Å². The maximum atomic E-state index is 8.91. The van der Waals surface area contributed by atoms with E-state index in [1.165, 1.54) is 11.3 Å². The van der Waals surface area contributed by atoms with Gasteiger partial charge in [-0.1, -0.05) is 11.6 Å². The minimum absolute atomic E-state index is 0.0938. The van der Waals surface area contributed by atoms with Gasteiger partial charge in [-0.15, -0.1) is 11.3 Å². The van der Waals surface area contributed by atoms with Crippen molar-refractivity contribution in [3.05, 3.63) is 21.3 Å². The molecule has 0 radical (unpaired) electrons. The molecule has 1 atom stereocenters. The Bertz CT molecular complexity index is 246. The van der Waals surface area contributed by atoms with Crippen molar-refractivity contribution in [3.8, 4) is 0 Å². The SMILES string of the molecule is CC(N)(CO)c1ccsc1Cl. The molecule has 0 spiro atoms. The van der Waals surface area contributed by atoms with Crippen molar-refractivity contribution in [2.75, 3.05) is 6.61 Å². The summed E-state index contributed by atoms with van der Waals surface area (Å²) in [4.78, 5) is 0. The number of nitrogens with two attached hydrogens (primary N) is 1. The van der Waals surface area contributed by atoms with Crippen LogP contribution < -0.4 is 5.73 Å². The molecule has 0 aliphatic heterocycles. The molecule has 0 bridgehead atoms. The molecule has 0 saturated heterocycles. The lowest BCUT2D eigenvalue weighted by atomic mass is 9.98. The molecule has 0 fully saturated rings. The van der Waals surface area contributed by atoms with Crippen molar-refractivity contribution in [2.24, 2.45) is 5.73 Å². The van der Waals surface area contributed by atoms with Gasteiger partial charge in [0.1, 0.15) is 0 Å². The van der Waals surface area contributed by atoms with E-state index in [2.05, 4.69) is 0 Å². The second kappa shape index (κ2) is 3.11. The molecule has 0 saturated carbocycles. The van der Waals surface area contributed by atoms with Gasteiger partial charge in [0, 0.05) is 5.56 Å². The first-order valence-electron chi connectivity index (χ1n) is 3.21. The number of aliphatic hydroxyl groups is 1. The van der Waals surface area contributed by atoms with Crippen LogP contribution in [0.2, 0.25) is 4.34 Å². The molecule has 1 unspecified atom stereocenters. The van der Waals surface area contributed by atoms with Crippen LogP contribution in [0.5, 0.6) is 0 Å². The predicted molar refractivity (Wildman–Crippen MR) is 48.0 cm³/mol. The first-order chi connectivity index (χ1) is 5.08. The molecule has 11 heavy (non-hydrogen) atoms. The third-order valence-electron chi connectivity index (χ3n) is 1.56. The Morgan fingerprint density at radius 3 is 2.82 bits per heavy atom. The summed E-state index contributed by atoms with van der Waals surface area (Å²) < 4.78 is 0.657. The lowest BCUT2D eigenvalue weighted by Gasteiger charge is -2.20. The molecule has 1 aromatic heterocycles. The topological polar surface area (TPSA) is 46.2 Å². The van der Waals surface area contributed by atoms with Crippen molar-refractivity contribution in [1.29, 1.82) is 0 Å². The molecule has 4 heteroatoms. The predicted octanol–water partition coefficient (Wildman–Crippen LogP) is 1.57. The molecule has 0 amide bonds. The molecular weight excluding hydrogens is 182 g/mol. The van der Waals surface area contributed by atoms with Crippen LogP contribution in [0, 0.1) is 0 Å². The smallest absolute Gasteiger partial charge is 0.0979 e. The summed E-state index contributed by atoms with van der Waals surface area (Å²) in [5.41, 5.74) is 5.86. The number of thiophene rings is 1. The van der Waals surface area contributed by atoms with E-state index in [-0.39, 0.29) is 6.61 Å². The summed E-state index contributed by atoms with van der Waals surface area (Å²) in [6, 6.07) is 1.84. The summed E-state index contributed by atoms with van der Waals surface area (Å²) in [6.45, 7) is 1.66. The maximum Gasteiger partial charge on any atom is 0.0979 e. The largest absolute Gasteiger partial charge is 0.394 e. The van der Waals surface area contributed by atoms with Crippen LogP contribution in [0.1, 0.15) is 12.5 Å². The fraction of sp³-hybridized carbons (Fsp3) is 0.429. The molecule has 1 rings (SSSR count). The van der Waals surface area contributed by atoms with Gasteiger partial charge in [-0.2, -0.15) is 0 Å². The Kier molecular flexibility index (Phi) is 2.54. The van der Waals surface area contributed by atoms with E-state index in [1.54, 1.807) is 6.92 Å². The molecule has 0 aromatic carbocycles. The molecular formula is C7H10ClNOS. The summed E-state index contributed by atoms with van der Waals surface area (Å²) >= 11 is 7.25. The first-order valence-corrected chi connectivity index (χ1v) is 4.47. The zero-order valence-electron chi connectivity index (χ0n) is 6.17. The van der Waals surface area contributed by atoms with Gasteiger partial charge in [-0.25, -0.2) is 0 Å². The lowest BCUT2D eigenvalue weighted by Crippen LogP contribution is -2.36. The average molecular weight is 192 g/mol. The van der Waals surface area contributed by atoms with Crippen LogP contribution in [0.15, 0.2) is 11.4 Å². The van der Waals surface area contributed by atoms with Gasteiger partial charge in [0.2, 0.25) is 0 Å². The molecule has 1 aromatic rings. The Morgan fingerprint density at radius 1 is 1.82 bits per heavy atom. The Balaban J connectivity index is 3.00. The fourth-order valence-corrected chi connectivity index (χ4v) is 1.98. The highest BCUT2D eigenvalue weighted by atomic mass is 35.5. The number of halogens is 1. The summed E-state index contributed by atoms with van der Waals surface area (Å²) in [7, 11) is 0. The van der Waals surface area contributed by atoms with Crippen LogP contribution in [-0.4, -0.2) is 11.7 Å². The Hall–Kier alpha value is -0.0900. The summed E-state index contributed by atoms with van der Waals surface area (Å²) in [6.07, 6.45) is 0. The van der Waals surface area contributed by atoms with E-state index in [1.807, 2.05) is 11.4 Å². The lowest BCUT2D eigenvalue weighted by molar-refractivity contribution is 0.210. The minimum Gasteiger partial charge on any atom is -0.394 e. The Labute approximate surface area is 74.6 Å². The normalized spacial score (nSPS) is 16.4. The van der Waals surface area contributed by atoms with Gasteiger partial charge in [-0.05, 0) is 18.4 Å². The van der Waals surface area contributed by atoms with Gasteiger partial charge in [-0.3, -0.25) is 0 Å². The molecule has 3 N–H and O–H groups in total.